The van der Waals surface area contributed by atoms with Crippen molar-refractivity contribution in [2.75, 3.05) is 0 Å². The first kappa shape index (κ1) is 9.81. The molecule has 2 heterocycles. The van der Waals surface area contributed by atoms with Crippen molar-refractivity contribution in [2.45, 2.75) is 19.8 Å². The van der Waals surface area contributed by atoms with Crippen LogP contribution < -0.4 is 4.74 Å². The van der Waals surface area contributed by atoms with Crippen LogP contribution in [0, 0.1) is 0 Å². The number of benzene rings is 1. The van der Waals surface area contributed by atoms with Gasteiger partial charge in [-0.1, -0.05) is 6.07 Å². The Morgan fingerprint density at radius 3 is 3.12 bits per heavy atom. The first-order valence-corrected chi connectivity index (χ1v) is 6.00. The zero-order chi connectivity index (χ0) is 10.8. The Kier molecular flexibility index (Phi) is 2.60. The fourth-order valence-electron chi connectivity index (χ4n) is 1.71. The highest BCUT2D eigenvalue weighted by Crippen LogP contribution is 2.25. The molecule has 1 aromatic heterocycles. The van der Waals surface area contributed by atoms with Gasteiger partial charge < -0.3 is 9.47 Å². The minimum atomic E-state index is 0.539. The number of fused-ring (bicyclic) bond motifs is 1. The van der Waals surface area contributed by atoms with Gasteiger partial charge in [0.25, 0.3) is 0 Å². The van der Waals surface area contributed by atoms with Crippen LogP contribution in [0.15, 0.2) is 29.8 Å². The van der Waals surface area contributed by atoms with E-state index in [1.807, 2.05) is 11.4 Å². The van der Waals surface area contributed by atoms with Gasteiger partial charge in [0.15, 0.2) is 0 Å². The summed E-state index contributed by atoms with van der Waals surface area (Å²) in [5.41, 5.74) is 2.50. The average molecular weight is 233 g/mol. The Balaban J connectivity index is 1.71. The molecule has 0 unspecified atom stereocenters. The van der Waals surface area contributed by atoms with Crippen LogP contribution in [0.5, 0.6) is 5.75 Å². The molecule has 1 aromatic carbocycles. The van der Waals surface area contributed by atoms with Gasteiger partial charge in [-0.15, -0.1) is 11.3 Å². The molecule has 3 rings (SSSR count). The van der Waals surface area contributed by atoms with E-state index in [2.05, 4.69) is 17.1 Å². The maximum absolute atomic E-state index is 5.67. The third-order valence-corrected chi connectivity index (χ3v) is 3.29. The van der Waals surface area contributed by atoms with E-state index < -0.39 is 0 Å². The Bertz CT molecular complexity index is 482. The molecule has 4 heteroatoms. The molecule has 0 amide bonds. The molecule has 1 aliphatic rings. The summed E-state index contributed by atoms with van der Waals surface area (Å²) in [6.45, 7) is 1.96. The molecule has 0 N–H and O–H groups in total. The number of rotatable bonds is 3. The zero-order valence-electron chi connectivity index (χ0n) is 8.68. The number of hydrogen-bond donors (Lipinski definition) is 0. The number of hydrogen-bond acceptors (Lipinski definition) is 4. The summed E-state index contributed by atoms with van der Waals surface area (Å²) in [7, 11) is 0. The Hall–Kier alpha value is -1.39. The SMILES string of the molecule is c1csc(COc2ccc3c(c2)COC3)n1. The van der Waals surface area contributed by atoms with E-state index >= 15 is 0 Å². The molecule has 0 radical (unpaired) electrons. The van der Waals surface area contributed by atoms with Crippen LogP contribution in [0.4, 0.5) is 0 Å². The summed E-state index contributed by atoms with van der Waals surface area (Å²) in [5, 5.41) is 2.95. The van der Waals surface area contributed by atoms with Gasteiger partial charge in [-0.2, -0.15) is 0 Å². The van der Waals surface area contributed by atoms with Crippen molar-refractivity contribution in [1.29, 1.82) is 0 Å². The third-order valence-electron chi connectivity index (χ3n) is 2.54. The highest BCUT2D eigenvalue weighted by molar-refractivity contribution is 7.09. The summed E-state index contributed by atoms with van der Waals surface area (Å²) < 4.78 is 11.0. The molecule has 0 saturated heterocycles. The van der Waals surface area contributed by atoms with Gasteiger partial charge in [-0.3, -0.25) is 0 Å². The van der Waals surface area contributed by atoms with Crippen LogP contribution in [0.1, 0.15) is 16.1 Å². The van der Waals surface area contributed by atoms with Crippen molar-refractivity contribution in [3.63, 3.8) is 0 Å². The summed E-state index contributed by atoms with van der Waals surface area (Å²) in [5.74, 6) is 0.888. The number of ether oxygens (including phenoxy) is 2. The largest absolute Gasteiger partial charge is 0.486 e. The Morgan fingerprint density at radius 1 is 1.31 bits per heavy atom. The molecule has 0 bridgehead atoms. The third kappa shape index (κ3) is 1.94. The van der Waals surface area contributed by atoms with E-state index in [-0.39, 0.29) is 0 Å². The summed E-state index contributed by atoms with van der Waals surface area (Å²) in [6.07, 6.45) is 1.79. The van der Waals surface area contributed by atoms with E-state index in [9.17, 15) is 0 Å². The molecule has 3 nitrogen and oxygen atoms in total. The van der Waals surface area contributed by atoms with Gasteiger partial charge in [0, 0.05) is 11.6 Å². The van der Waals surface area contributed by atoms with Crippen LogP contribution in [-0.2, 0) is 24.6 Å². The van der Waals surface area contributed by atoms with Gasteiger partial charge in [0.1, 0.15) is 17.4 Å². The van der Waals surface area contributed by atoms with Gasteiger partial charge in [0.2, 0.25) is 0 Å². The highest BCUT2D eigenvalue weighted by atomic mass is 32.1. The smallest absolute Gasteiger partial charge is 0.140 e. The lowest BCUT2D eigenvalue weighted by Gasteiger charge is -2.05. The molecule has 0 spiro atoms. The van der Waals surface area contributed by atoms with Crippen LogP contribution in [-0.4, -0.2) is 4.98 Å². The van der Waals surface area contributed by atoms with Crippen LogP contribution in [0.3, 0.4) is 0 Å². The molecule has 16 heavy (non-hydrogen) atoms. The first-order valence-electron chi connectivity index (χ1n) is 5.12. The van der Waals surface area contributed by atoms with Gasteiger partial charge in [-0.05, 0) is 23.3 Å². The molecule has 1 aliphatic heterocycles. The summed E-state index contributed by atoms with van der Waals surface area (Å²) in [4.78, 5) is 4.17. The highest BCUT2D eigenvalue weighted by Gasteiger charge is 2.11. The Labute approximate surface area is 97.7 Å². The molecule has 0 atom stereocenters. The number of aromatic nitrogens is 1. The molecule has 0 saturated carbocycles. The standard InChI is InChI=1S/C12H11NO2S/c1-2-11(5-10-7-14-6-9(1)10)15-8-12-13-3-4-16-12/h1-5H,6-8H2. The lowest BCUT2D eigenvalue weighted by Crippen LogP contribution is -1.95. The van der Waals surface area contributed by atoms with Crippen LogP contribution in [0.2, 0.25) is 0 Å². The maximum Gasteiger partial charge on any atom is 0.140 e. The maximum atomic E-state index is 5.67. The second-order valence-electron chi connectivity index (χ2n) is 3.64. The molecule has 0 aliphatic carbocycles. The van der Waals surface area contributed by atoms with E-state index in [1.54, 1.807) is 17.5 Å². The molecular formula is C12H11NO2S. The van der Waals surface area contributed by atoms with Gasteiger partial charge in [0.05, 0.1) is 13.2 Å². The van der Waals surface area contributed by atoms with E-state index in [1.165, 1.54) is 11.1 Å². The van der Waals surface area contributed by atoms with Crippen LogP contribution in [0.25, 0.3) is 0 Å². The van der Waals surface area contributed by atoms with E-state index in [0.29, 0.717) is 13.2 Å². The summed E-state index contributed by atoms with van der Waals surface area (Å²) >= 11 is 1.61. The molecule has 0 fully saturated rings. The Morgan fingerprint density at radius 2 is 2.25 bits per heavy atom. The molecule has 82 valence electrons. The van der Waals surface area contributed by atoms with E-state index in [4.69, 9.17) is 9.47 Å². The van der Waals surface area contributed by atoms with Crippen molar-refractivity contribution in [3.8, 4) is 5.75 Å². The minimum absolute atomic E-state index is 0.539. The van der Waals surface area contributed by atoms with Crippen molar-refractivity contribution in [1.82, 2.24) is 4.98 Å². The predicted molar refractivity (Wildman–Crippen MR) is 61.4 cm³/mol. The lowest BCUT2D eigenvalue weighted by atomic mass is 10.1. The molecular weight excluding hydrogens is 222 g/mol. The fourth-order valence-corrected chi connectivity index (χ4v) is 2.23. The zero-order valence-corrected chi connectivity index (χ0v) is 9.50. The topological polar surface area (TPSA) is 31.4 Å². The quantitative estimate of drug-likeness (QED) is 0.816. The molecule has 2 aromatic rings. The van der Waals surface area contributed by atoms with E-state index in [0.717, 1.165) is 17.4 Å². The predicted octanol–water partition coefficient (Wildman–Crippen LogP) is 2.75. The lowest BCUT2D eigenvalue weighted by molar-refractivity contribution is 0.134. The second kappa shape index (κ2) is 4.23. The number of thiazole rings is 1. The van der Waals surface area contributed by atoms with Crippen molar-refractivity contribution >= 4 is 11.3 Å². The van der Waals surface area contributed by atoms with Gasteiger partial charge >= 0.3 is 0 Å². The van der Waals surface area contributed by atoms with Gasteiger partial charge in [-0.25, -0.2) is 4.98 Å². The minimum Gasteiger partial charge on any atom is -0.486 e. The summed E-state index contributed by atoms with van der Waals surface area (Å²) in [6, 6.07) is 6.11. The second-order valence-corrected chi connectivity index (χ2v) is 4.62. The van der Waals surface area contributed by atoms with Crippen molar-refractivity contribution in [3.05, 3.63) is 45.9 Å². The van der Waals surface area contributed by atoms with Crippen molar-refractivity contribution < 1.29 is 9.47 Å². The monoisotopic (exact) mass is 233 g/mol. The van der Waals surface area contributed by atoms with Crippen LogP contribution >= 0.6 is 11.3 Å². The normalized spacial score (nSPS) is 13.8. The average Bonchev–Trinajstić information content (AvgIpc) is 2.97. The first-order chi connectivity index (χ1) is 7.92. The van der Waals surface area contributed by atoms with Crippen molar-refractivity contribution in [2.24, 2.45) is 0 Å². The number of nitrogens with zero attached hydrogens (tertiary/aromatic N) is 1. The fraction of sp³-hybridized carbons (Fsp3) is 0.250.